The maximum Gasteiger partial charge on any atom is 0.406 e. The number of hydrogen-bond donors (Lipinski definition) is 2. The van der Waals surface area contributed by atoms with Crippen LogP contribution in [0.1, 0.15) is 12.8 Å². The number of hydrogen-bond acceptors (Lipinski definition) is 4. The molecule has 82 valence electrons. The second-order valence-corrected chi connectivity index (χ2v) is 3.62. The molecule has 0 unspecified atom stereocenters. The first-order valence-corrected chi connectivity index (χ1v) is 4.73. The molecular formula is C9H17NO4. The second kappa shape index (κ2) is 5.17. The van der Waals surface area contributed by atoms with E-state index < -0.39 is 6.09 Å². The highest BCUT2D eigenvalue weighted by Crippen LogP contribution is 2.28. The minimum Gasteiger partial charge on any atom is -0.453 e. The van der Waals surface area contributed by atoms with E-state index in [2.05, 4.69) is 10.1 Å². The minimum atomic E-state index is -0.454. The summed E-state index contributed by atoms with van der Waals surface area (Å²) in [6, 6.07) is 0. The van der Waals surface area contributed by atoms with Crippen LogP contribution in [0.2, 0.25) is 0 Å². The van der Waals surface area contributed by atoms with Gasteiger partial charge in [0.1, 0.15) is 0 Å². The third-order valence-electron chi connectivity index (χ3n) is 2.68. The maximum atomic E-state index is 10.9. The number of nitrogens with one attached hydrogen (secondary N) is 1. The summed E-state index contributed by atoms with van der Waals surface area (Å²) in [5.74, 6) is 0. The van der Waals surface area contributed by atoms with Crippen molar-refractivity contribution < 1.29 is 19.4 Å². The van der Waals surface area contributed by atoms with E-state index in [0.717, 1.165) is 12.8 Å². The van der Waals surface area contributed by atoms with Crippen molar-refractivity contribution in [2.45, 2.75) is 12.8 Å². The number of aliphatic hydroxyl groups is 1. The van der Waals surface area contributed by atoms with E-state index in [0.29, 0.717) is 19.8 Å². The van der Waals surface area contributed by atoms with Crippen LogP contribution in [0.15, 0.2) is 0 Å². The minimum absolute atomic E-state index is 0.0698. The fraction of sp³-hybridized carbons (Fsp3) is 0.889. The lowest BCUT2D eigenvalue weighted by molar-refractivity contribution is -0.0149. The van der Waals surface area contributed by atoms with Gasteiger partial charge in [-0.1, -0.05) is 0 Å². The van der Waals surface area contributed by atoms with E-state index >= 15 is 0 Å². The van der Waals surface area contributed by atoms with Gasteiger partial charge in [0.05, 0.1) is 13.7 Å². The zero-order chi connectivity index (χ0) is 10.4. The van der Waals surface area contributed by atoms with Crippen molar-refractivity contribution in [1.29, 1.82) is 0 Å². The summed E-state index contributed by atoms with van der Waals surface area (Å²) in [6.45, 7) is 1.80. The van der Waals surface area contributed by atoms with Crippen LogP contribution in [0.3, 0.4) is 0 Å². The predicted octanol–water partition coefficient (Wildman–Crippen LogP) is 0.131. The largest absolute Gasteiger partial charge is 0.453 e. The van der Waals surface area contributed by atoms with E-state index in [1.165, 1.54) is 7.11 Å². The summed E-state index contributed by atoms with van der Waals surface area (Å²) in [5, 5.41) is 11.9. The smallest absolute Gasteiger partial charge is 0.406 e. The van der Waals surface area contributed by atoms with Gasteiger partial charge in [-0.3, -0.25) is 0 Å². The number of rotatable bonds is 3. The summed E-state index contributed by atoms with van der Waals surface area (Å²) in [5.41, 5.74) is -0.230. The number of carbonyl (C=O) groups is 1. The molecule has 14 heavy (non-hydrogen) atoms. The Bertz CT molecular complexity index is 189. The van der Waals surface area contributed by atoms with Gasteiger partial charge in [0.2, 0.25) is 0 Å². The normalized spacial score (nSPS) is 20.1. The van der Waals surface area contributed by atoms with Gasteiger partial charge < -0.3 is 19.9 Å². The molecule has 1 saturated heterocycles. The molecule has 0 atom stereocenters. The highest BCUT2D eigenvalue weighted by Gasteiger charge is 2.32. The van der Waals surface area contributed by atoms with Crippen LogP contribution >= 0.6 is 0 Å². The molecule has 1 heterocycles. The van der Waals surface area contributed by atoms with Crippen molar-refractivity contribution in [3.05, 3.63) is 0 Å². The summed E-state index contributed by atoms with van der Waals surface area (Å²) >= 11 is 0. The number of aliphatic hydroxyl groups excluding tert-OH is 1. The van der Waals surface area contributed by atoms with Gasteiger partial charge in [-0.05, 0) is 12.8 Å². The molecule has 0 aliphatic carbocycles. The Hall–Kier alpha value is -0.810. The lowest BCUT2D eigenvalue weighted by Gasteiger charge is -2.35. The molecule has 0 spiro atoms. The first-order valence-electron chi connectivity index (χ1n) is 4.73. The molecule has 1 rings (SSSR count). The molecule has 1 aliphatic rings. The molecule has 0 aromatic carbocycles. The Morgan fingerprint density at radius 2 is 2.21 bits per heavy atom. The Morgan fingerprint density at radius 3 is 2.71 bits per heavy atom. The van der Waals surface area contributed by atoms with Crippen LogP contribution in [-0.2, 0) is 9.47 Å². The standard InChI is InChI=1S/C9H17NO4/c1-13-8(12)10-6-9(7-11)2-4-14-5-3-9/h11H,2-7H2,1H3,(H,10,12). The van der Waals surface area contributed by atoms with Crippen LogP contribution < -0.4 is 5.32 Å². The van der Waals surface area contributed by atoms with Gasteiger partial charge in [-0.2, -0.15) is 0 Å². The van der Waals surface area contributed by atoms with Crippen molar-refractivity contribution >= 4 is 6.09 Å². The first-order chi connectivity index (χ1) is 6.72. The average molecular weight is 203 g/mol. The molecule has 0 radical (unpaired) electrons. The summed E-state index contributed by atoms with van der Waals surface area (Å²) in [4.78, 5) is 10.9. The molecule has 2 N–H and O–H groups in total. The number of carbonyl (C=O) groups excluding carboxylic acids is 1. The average Bonchev–Trinajstić information content (AvgIpc) is 2.27. The summed E-state index contributed by atoms with van der Waals surface area (Å²) in [6.07, 6.45) is 1.09. The molecule has 1 fully saturated rings. The lowest BCUT2D eigenvalue weighted by atomic mass is 9.81. The number of alkyl carbamates (subject to hydrolysis) is 1. The molecule has 1 amide bonds. The third-order valence-corrected chi connectivity index (χ3v) is 2.68. The highest BCUT2D eigenvalue weighted by molar-refractivity contribution is 5.66. The van der Waals surface area contributed by atoms with Crippen molar-refractivity contribution in [3.63, 3.8) is 0 Å². The summed E-state index contributed by atoms with van der Waals surface area (Å²) < 4.78 is 9.67. The van der Waals surface area contributed by atoms with E-state index in [4.69, 9.17) is 4.74 Å². The topological polar surface area (TPSA) is 67.8 Å². The predicted molar refractivity (Wildman–Crippen MR) is 50.0 cm³/mol. The summed E-state index contributed by atoms with van der Waals surface area (Å²) in [7, 11) is 1.32. The fourth-order valence-corrected chi connectivity index (χ4v) is 1.53. The zero-order valence-corrected chi connectivity index (χ0v) is 8.41. The molecule has 0 bridgehead atoms. The third kappa shape index (κ3) is 2.85. The number of amides is 1. The van der Waals surface area contributed by atoms with Crippen molar-refractivity contribution in [2.24, 2.45) is 5.41 Å². The molecule has 5 nitrogen and oxygen atoms in total. The maximum absolute atomic E-state index is 10.9. The van der Waals surface area contributed by atoms with Crippen LogP contribution in [0.4, 0.5) is 4.79 Å². The molecule has 1 aliphatic heterocycles. The van der Waals surface area contributed by atoms with E-state index in [1.54, 1.807) is 0 Å². The first kappa shape index (κ1) is 11.3. The van der Waals surface area contributed by atoms with Crippen LogP contribution in [0.5, 0.6) is 0 Å². The quantitative estimate of drug-likeness (QED) is 0.684. The fourth-order valence-electron chi connectivity index (χ4n) is 1.53. The van der Waals surface area contributed by atoms with Crippen LogP contribution in [0, 0.1) is 5.41 Å². The second-order valence-electron chi connectivity index (χ2n) is 3.62. The molecular weight excluding hydrogens is 186 g/mol. The van der Waals surface area contributed by atoms with Gasteiger partial charge in [0.25, 0.3) is 0 Å². The van der Waals surface area contributed by atoms with Gasteiger partial charge in [0.15, 0.2) is 0 Å². The van der Waals surface area contributed by atoms with Crippen LogP contribution in [0.25, 0.3) is 0 Å². The Morgan fingerprint density at radius 1 is 1.57 bits per heavy atom. The SMILES string of the molecule is COC(=O)NCC1(CO)CCOCC1. The molecule has 5 heteroatoms. The van der Waals surface area contributed by atoms with Gasteiger partial charge >= 0.3 is 6.09 Å². The monoisotopic (exact) mass is 203 g/mol. The van der Waals surface area contributed by atoms with E-state index in [9.17, 15) is 9.90 Å². The Kier molecular flexibility index (Phi) is 4.16. The Balaban J connectivity index is 2.39. The highest BCUT2D eigenvalue weighted by atomic mass is 16.5. The number of methoxy groups -OCH3 is 1. The van der Waals surface area contributed by atoms with E-state index in [-0.39, 0.29) is 12.0 Å². The van der Waals surface area contributed by atoms with Crippen LogP contribution in [-0.4, -0.2) is 44.7 Å². The van der Waals surface area contributed by atoms with Gasteiger partial charge in [-0.25, -0.2) is 4.79 Å². The molecule has 0 aromatic rings. The van der Waals surface area contributed by atoms with Gasteiger partial charge in [-0.15, -0.1) is 0 Å². The van der Waals surface area contributed by atoms with Crippen molar-refractivity contribution in [1.82, 2.24) is 5.32 Å². The zero-order valence-electron chi connectivity index (χ0n) is 8.41. The number of ether oxygens (including phenoxy) is 2. The molecule has 0 aromatic heterocycles. The molecule has 0 saturated carbocycles. The van der Waals surface area contributed by atoms with Gasteiger partial charge in [0, 0.05) is 25.2 Å². The lowest BCUT2D eigenvalue weighted by Crippen LogP contribution is -2.43. The van der Waals surface area contributed by atoms with Crippen molar-refractivity contribution in [3.8, 4) is 0 Å². The Labute approximate surface area is 83.4 Å². The van der Waals surface area contributed by atoms with E-state index in [1.807, 2.05) is 0 Å². The van der Waals surface area contributed by atoms with Crippen molar-refractivity contribution in [2.75, 3.05) is 33.5 Å².